The molecule has 0 bridgehead atoms. The minimum Gasteiger partial charge on any atom is -0.315 e. The maximum Gasteiger partial charge on any atom is 0.149 e. The van der Waals surface area contributed by atoms with Crippen molar-refractivity contribution in [3.63, 3.8) is 0 Å². The maximum atomic E-state index is 10.8. The Morgan fingerprint density at radius 3 is 3.20 bits per heavy atom. The number of Topliss-reactive ketones (excluding diaryl/α,β-unsaturated/α-hetero) is 1. The Morgan fingerprint density at radius 2 is 2.50 bits per heavy atom. The van der Waals surface area contributed by atoms with Gasteiger partial charge in [-0.15, -0.1) is 0 Å². The van der Waals surface area contributed by atoms with E-state index in [1.54, 1.807) is 6.92 Å². The van der Waals surface area contributed by atoms with Crippen molar-refractivity contribution in [3.05, 3.63) is 0 Å². The van der Waals surface area contributed by atoms with E-state index in [4.69, 9.17) is 0 Å². The van der Waals surface area contributed by atoms with Gasteiger partial charge in [-0.05, 0) is 19.9 Å². The van der Waals surface area contributed by atoms with Crippen molar-refractivity contribution in [2.24, 2.45) is 0 Å². The zero-order valence-electron chi connectivity index (χ0n) is 6.26. The predicted molar refractivity (Wildman–Crippen MR) is 39.0 cm³/mol. The lowest BCUT2D eigenvalue weighted by atomic mass is 10.2. The highest BCUT2D eigenvalue weighted by Crippen LogP contribution is 1.91. The molecule has 0 amide bonds. The van der Waals surface area contributed by atoms with Gasteiger partial charge in [0.05, 0.1) is 6.04 Å². The first-order chi connectivity index (χ1) is 4.80. The van der Waals surface area contributed by atoms with Gasteiger partial charge in [0.2, 0.25) is 0 Å². The fourth-order valence-electron chi connectivity index (χ4n) is 1.03. The summed E-state index contributed by atoms with van der Waals surface area (Å²) in [6, 6.07) is -0.0810. The molecule has 0 spiro atoms. The summed E-state index contributed by atoms with van der Waals surface area (Å²) < 4.78 is 0. The number of hydrogen-bond donors (Lipinski definition) is 1. The molecule has 10 heavy (non-hydrogen) atoms. The molecule has 0 aromatic heterocycles. The minimum atomic E-state index is -0.0810. The van der Waals surface area contributed by atoms with E-state index in [1.807, 2.05) is 0 Å². The van der Waals surface area contributed by atoms with Gasteiger partial charge in [-0.1, -0.05) is 0 Å². The van der Waals surface area contributed by atoms with E-state index in [-0.39, 0.29) is 11.8 Å². The van der Waals surface area contributed by atoms with Crippen LogP contribution in [0.3, 0.4) is 0 Å². The van der Waals surface area contributed by atoms with Gasteiger partial charge in [-0.3, -0.25) is 4.79 Å². The number of ketones is 1. The van der Waals surface area contributed by atoms with Crippen LogP contribution in [-0.2, 0) is 4.79 Å². The minimum absolute atomic E-state index is 0.0810. The highest BCUT2D eigenvalue weighted by Gasteiger charge is 2.15. The second kappa shape index (κ2) is 3.68. The zero-order chi connectivity index (χ0) is 7.40. The summed E-state index contributed by atoms with van der Waals surface area (Å²) in [6.07, 6.45) is 1.06. The summed E-state index contributed by atoms with van der Waals surface area (Å²) in [4.78, 5) is 10.8. The van der Waals surface area contributed by atoms with Gasteiger partial charge in [0.25, 0.3) is 0 Å². The molecule has 0 aromatic rings. The Labute approximate surface area is 61.2 Å². The number of nitrogens with one attached hydrogen (secondary N) is 1. The highest BCUT2D eigenvalue weighted by atomic mass is 16.1. The third kappa shape index (κ3) is 2.08. The lowest BCUT2D eigenvalue weighted by Gasteiger charge is -2.08. The van der Waals surface area contributed by atoms with E-state index in [9.17, 15) is 4.79 Å². The first-order valence-electron chi connectivity index (χ1n) is 3.68. The summed E-state index contributed by atoms with van der Waals surface area (Å²) in [5.41, 5.74) is 0. The maximum absolute atomic E-state index is 10.8. The molecule has 1 fully saturated rings. The molecule has 1 atom stereocenters. The van der Waals surface area contributed by atoms with Crippen molar-refractivity contribution < 1.29 is 4.79 Å². The van der Waals surface area contributed by atoms with E-state index < -0.39 is 0 Å². The molecule has 1 N–H and O–H groups in total. The largest absolute Gasteiger partial charge is 0.315 e. The summed E-state index contributed by atoms with van der Waals surface area (Å²) in [7, 11) is 0. The van der Waals surface area contributed by atoms with Crippen LogP contribution in [0.1, 0.15) is 13.3 Å². The Kier molecular flexibility index (Phi) is 2.83. The van der Waals surface area contributed by atoms with Crippen LogP contribution < -0.4 is 10.6 Å². The van der Waals surface area contributed by atoms with Crippen molar-refractivity contribution >= 4 is 5.78 Å². The molecule has 1 unspecified atom stereocenters. The van der Waals surface area contributed by atoms with Gasteiger partial charge < -0.3 is 5.32 Å². The van der Waals surface area contributed by atoms with Crippen LogP contribution in [0.5, 0.6) is 0 Å². The average Bonchev–Trinajstić information content (AvgIpc) is 2.12. The molecule has 1 heterocycles. The molecule has 57 valence electrons. The molecule has 1 radical (unpaired) electrons. The van der Waals surface area contributed by atoms with Crippen LogP contribution >= 0.6 is 0 Å². The van der Waals surface area contributed by atoms with E-state index in [0.29, 0.717) is 0 Å². The molecule has 1 rings (SSSR count). The van der Waals surface area contributed by atoms with Crippen LogP contribution in [-0.4, -0.2) is 31.5 Å². The van der Waals surface area contributed by atoms with Crippen molar-refractivity contribution in [2.75, 3.05) is 19.6 Å². The van der Waals surface area contributed by atoms with Gasteiger partial charge >= 0.3 is 0 Å². The number of hydrogen-bond acceptors (Lipinski definition) is 2. The van der Waals surface area contributed by atoms with Gasteiger partial charge in [0.15, 0.2) is 0 Å². The SMILES string of the molecule is CC(=O)C1CNCCC[N]1. The second-order valence-corrected chi connectivity index (χ2v) is 2.59. The number of carbonyl (C=O) groups excluding carboxylic acids is 1. The molecular formula is C7H13N2O. The Hall–Kier alpha value is -0.410. The van der Waals surface area contributed by atoms with E-state index in [0.717, 1.165) is 26.1 Å². The number of nitrogens with zero attached hydrogens (tertiary/aromatic N) is 1. The quantitative estimate of drug-likeness (QED) is 0.537. The summed E-state index contributed by atoms with van der Waals surface area (Å²) in [5.74, 6) is 0.175. The van der Waals surface area contributed by atoms with Crippen molar-refractivity contribution in [3.8, 4) is 0 Å². The van der Waals surface area contributed by atoms with E-state index in [2.05, 4.69) is 10.6 Å². The first-order valence-corrected chi connectivity index (χ1v) is 3.68. The van der Waals surface area contributed by atoms with Crippen molar-refractivity contribution in [1.29, 1.82) is 0 Å². The van der Waals surface area contributed by atoms with Crippen LogP contribution in [0.4, 0.5) is 0 Å². The third-order valence-corrected chi connectivity index (χ3v) is 1.67. The third-order valence-electron chi connectivity index (χ3n) is 1.67. The van der Waals surface area contributed by atoms with Crippen LogP contribution in [0.2, 0.25) is 0 Å². The molecule has 0 aromatic carbocycles. The van der Waals surface area contributed by atoms with Crippen molar-refractivity contribution in [2.45, 2.75) is 19.4 Å². The Bertz CT molecular complexity index is 117. The van der Waals surface area contributed by atoms with Crippen LogP contribution in [0.25, 0.3) is 0 Å². The Balaban J connectivity index is 2.35. The molecular weight excluding hydrogens is 128 g/mol. The topological polar surface area (TPSA) is 43.2 Å². The zero-order valence-corrected chi connectivity index (χ0v) is 6.26. The van der Waals surface area contributed by atoms with Gasteiger partial charge in [-0.25, -0.2) is 5.32 Å². The van der Waals surface area contributed by atoms with E-state index in [1.165, 1.54) is 0 Å². The molecule has 1 aliphatic heterocycles. The first kappa shape index (κ1) is 7.69. The van der Waals surface area contributed by atoms with E-state index >= 15 is 0 Å². The van der Waals surface area contributed by atoms with Crippen LogP contribution in [0.15, 0.2) is 0 Å². The molecule has 3 nitrogen and oxygen atoms in total. The monoisotopic (exact) mass is 141 g/mol. The fourth-order valence-corrected chi connectivity index (χ4v) is 1.03. The normalized spacial score (nSPS) is 27.5. The van der Waals surface area contributed by atoms with Gasteiger partial charge in [-0.2, -0.15) is 0 Å². The lowest BCUT2D eigenvalue weighted by molar-refractivity contribution is -0.118. The molecule has 1 saturated heterocycles. The highest BCUT2D eigenvalue weighted by molar-refractivity contribution is 5.81. The van der Waals surface area contributed by atoms with Gasteiger partial charge in [0.1, 0.15) is 5.78 Å². The average molecular weight is 141 g/mol. The molecule has 3 heteroatoms. The second-order valence-electron chi connectivity index (χ2n) is 2.59. The summed E-state index contributed by atoms with van der Waals surface area (Å²) in [6.45, 7) is 4.15. The number of carbonyl (C=O) groups is 1. The van der Waals surface area contributed by atoms with Gasteiger partial charge in [0, 0.05) is 13.1 Å². The summed E-state index contributed by atoms with van der Waals surface area (Å²) >= 11 is 0. The summed E-state index contributed by atoms with van der Waals surface area (Å²) in [5, 5.41) is 7.37. The van der Waals surface area contributed by atoms with Crippen molar-refractivity contribution in [1.82, 2.24) is 10.6 Å². The number of rotatable bonds is 1. The fraction of sp³-hybridized carbons (Fsp3) is 0.857. The molecule has 0 saturated carbocycles. The Morgan fingerprint density at radius 1 is 1.70 bits per heavy atom. The standard InChI is InChI=1S/C7H13N2O/c1-6(10)7-5-8-3-2-4-9-7/h7-8H,2-5H2,1H3. The lowest BCUT2D eigenvalue weighted by Crippen LogP contribution is -2.36. The predicted octanol–water partition coefficient (Wildman–Crippen LogP) is -0.458. The smallest absolute Gasteiger partial charge is 0.149 e. The molecule has 1 aliphatic rings. The van der Waals surface area contributed by atoms with Crippen LogP contribution in [0, 0.1) is 0 Å². The molecule has 0 aliphatic carbocycles.